The highest BCUT2D eigenvalue weighted by atomic mass is 127. The first-order valence-corrected chi connectivity index (χ1v) is 7.46. The molecule has 0 radical (unpaired) electrons. The van der Waals surface area contributed by atoms with Gasteiger partial charge in [-0.2, -0.15) is 0 Å². The molecule has 0 saturated carbocycles. The van der Waals surface area contributed by atoms with Gasteiger partial charge in [0.25, 0.3) is 5.69 Å². The van der Waals surface area contributed by atoms with Crippen molar-refractivity contribution in [2.45, 2.75) is 31.5 Å². The molecule has 1 aromatic carbocycles. The van der Waals surface area contributed by atoms with Gasteiger partial charge >= 0.3 is 0 Å². The van der Waals surface area contributed by atoms with Crippen molar-refractivity contribution in [1.29, 1.82) is 0 Å². The van der Waals surface area contributed by atoms with E-state index >= 15 is 0 Å². The molecule has 5 heteroatoms. The van der Waals surface area contributed by atoms with Crippen LogP contribution in [0.1, 0.15) is 25.8 Å². The smallest absolute Gasteiger partial charge is 0.258 e. The number of halogens is 2. The van der Waals surface area contributed by atoms with Gasteiger partial charge in [-0.3, -0.25) is 10.1 Å². The number of nitrogens with zero attached hydrogens (tertiary/aromatic N) is 1. The van der Waals surface area contributed by atoms with Crippen molar-refractivity contribution >= 4 is 44.2 Å². The van der Waals surface area contributed by atoms with Crippen LogP contribution in [0.15, 0.2) is 18.2 Å². The molecule has 0 N–H and O–H groups in total. The van der Waals surface area contributed by atoms with Gasteiger partial charge in [0, 0.05) is 20.5 Å². The number of benzene rings is 1. The average molecular weight is 412 g/mol. The molecule has 0 amide bonds. The Hall–Kier alpha value is -0.170. The third-order valence-corrected chi connectivity index (χ3v) is 4.12. The Bertz CT molecular complexity index is 409. The Balaban J connectivity index is 2.75. The molecule has 0 bridgehead atoms. The van der Waals surface area contributed by atoms with Crippen LogP contribution in [-0.4, -0.2) is 9.75 Å². The van der Waals surface area contributed by atoms with E-state index in [1.54, 1.807) is 12.1 Å². The Morgan fingerprint density at radius 1 is 1.47 bits per heavy atom. The summed E-state index contributed by atoms with van der Waals surface area (Å²) in [6, 6.07) is 5.06. The molecule has 0 heterocycles. The molecule has 0 aromatic heterocycles. The van der Waals surface area contributed by atoms with E-state index in [9.17, 15) is 10.1 Å². The van der Waals surface area contributed by atoms with E-state index < -0.39 is 0 Å². The molecular formula is C12H15BrINO2. The SMILES string of the molecule is CC(C)CC(Br)Cc1ccc([N+](=O)[O-])cc1I. The fourth-order valence-electron chi connectivity index (χ4n) is 1.65. The van der Waals surface area contributed by atoms with Crippen LogP contribution in [-0.2, 0) is 6.42 Å². The van der Waals surface area contributed by atoms with Crippen LogP contribution < -0.4 is 0 Å². The zero-order valence-electron chi connectivity index (χ0n) is 9.82. The third kappa shape index (κ3) is 4.91. The molecule has 1 rings (SSSR count). The zero-order valence-corrected chi connectivity index (χ0v) is 13.6. The molecule has 0 aliphatic rings. The summed E-state index contributed by atoms with van der Waals surface area (Å²) in [5.74, 6) is 0.648. The largest absolute Gasteiger partial charge is 0.270 e. The van der Waals surface area contributed by atoms with E-state index in [4.69, 9.17) is 0 Å². The van der Waals surface area contributed by atoms with Crippen LogP contribution in [0.25, 0.3) is 0 Å². The van der Waals surface area contributed by atoms with Gasteiger partial charge in [0.2, 0.25) is 0 Å². The molecule has 0 aliphatic heterocycles. The maximum absolute atomic E-state index is 10.6. The van der Waals surface area contributed by atoms with Crippen molar-refractivity contribution in [3.05, 3.63) is 37.4 Å². The maximum Gasteiger partial charge on any atom is 0.270 e. The van der Waals surface area contributed by atoms with Crippen LogP contribution >= 0.6 is 38.5 Å². The Kier molecular flexibility index (Phi) is 5.85. The summed E-state index contributed by atoms with van der Waals surface area (Å²) in [5.41, 5.74) is 1.33. The predicted octanol–water partition coefficient (Wildman–Crippen LogP) is 4.55. The number of non-ortho nitro benzene ring substituents is 1. The highest BCUT2D eigenvalue weighted by molar-refractivity contribution is 14.1. The second-order valence-electron chi connectivity index (χ2n) is 4.46. The van der Waals surface area contributed by atoms with Crippen LogP contribution in [0.2, 0.25) is 0 Å². The predicted molar refractivity (Wildman–Crippen MR) is 81.7 cm³/mol. The molecule has 17 heavy (non-hydrogen) atoms. The molecule has 1 unspecified atom stereocenters. The van der Waals surface area contributed by atoms with Crippen LogP contribution in [0.3, 0.4) is 0 Å². The van der Waals surface area contributed by atoms with E-state index in [1.165, 1.54) is 5.56 Å². The van der Waals surface area contributed by atoms with Gasteiger partial charge < -0.3 is 0 Å². The van der Waals surface area contributed by atoms with E-state index in [2.05, 4.69) is 52.4 Å². The van der Waals surface area contributed by atoms with Gasteiger partial charge in [-0.1, -0.05) is 35.8 Å². The molecule has 1 atom stereocenters. The van der Waals surface area contributed by atoms with E-state index in [0.717, 1.165) is 16.4 Å². The number of nitro benzene ring substituents is 1. The van der Waals surface area contributed by atoms with Crippen molar-refractivity contribution in [3.63, 3.8) is 0 Å². The first-order valence-electron chi connectivity index (χ1n) is 5.47. The molecule has 1 aromatic rings. The minimum Gasteiger partial charge on any atom is -0.258 e. The highest BCUT2D eigenvalue weighted by Gasteiger charge is 2.13. The van der Waals surface area contributed by atoms with Crippen molar-refractivity contribution in [1.82, 2.24) is 0 Å². The second-order valence-corrected chi connectivity index (χ2v) is 6.92. The second kappa shape index (κ2) is 6.68. The van der Waals surface area contributed by atoms with Crippen molar-refractivity contribution in [2.24, 2.45) is 5.92 Å². The lowest BCUT2D eigenvalue weighted by Crippen LogP contribution is -2.07. The summed E-state index contributed by atoms with van der Waals surface area (Å²) in [6.45, 7) is 4.38. The van der Waals surface area contributed by atoms with Crippen LogP contribution in [0.5, 0.6) is 0 Å². The number of hydrogen-bond acceptors (Lipinski definition) is 2. The van der Waals surface area contributed by atoms with Crippen molar-refractivity contribution in [3.8, 4) is 0 Å². The van der Waals surface area contributed by atoms with Crippen LogP contribution in [0, 0.1) is 19.6 Å². The maximum atomic E-state index is 10.6. The molecule has 0 saturated heterocycles. The Morgan fingerprint density at radius 3 is 2.59 bits per heavy atom. The number of hydrogen-bond donors (Lipinski definition) is 0. The van der Waals surface area contributed by atoms with Crippen molar-refractivity contribution in [2.75, 3.05) is 0 Å². The van der Waals surface area contributed by atoms with Crippen LogP contribution in [0.4, 0.5) is 5.69 Å². The lowest BCUT2D eigenvalue weighted by Gasteiger charge is -2.13. The minimum atomic E-state index is -0.355. The lowest BCUT2D eigenvalue weighted by molar-refractivity contribution is -0.385. The van der Waals surface area contributed by atoms with E-state index in [1.807, 2.05) is 6.07 Å². The summed E-state index contributed by atoms with van der Waals surface area (Å²) in [6.07, 6.45) is 2.02. The quantitative estimate of drug-likeness (QED) is 0.308. The number of alkyl halides is 1. The summed E-state index contributed by atoms with van der Waals surface area (Å²) in [4.78, 5) is 10.7. The van der Waals surface area contributed by atoms with E-state index in [-0.39, 0.29) is 10.6 Å². The Morgan fingerprint density at radius 2 is 2.12 bits per heavy atom. The average Bonchev–Trinajstić information content (AvgIpc) is 2.19. The molecular weight excluding hydrogens is 397 g/mol. The topological polar surface area (TPSA) is 43.1 Å². The van der Waals surface area contributed by atoms with Gasteiger partial charge in [0.05, 0.1) is 4.92 Å². The molecule has 3 nitrogen and oxygen atoms in total. The monoisotopic (exact) mass is 411 g/mol. The van der Waals surface area contributed by atoms with Crippen molar-refractivity contribution < 1.29 is 4.92 Å². The lowest BCUT2D eigenvalue weighted by atomic mass is 10.0. The summed E-state index contributed by atoms with van der Waals surface area (Å²) < 4.78 is 0.963. The van der Waals surface area contributed by atoms with Gasteiger partial charge in [0.1, 0.15) is 0 Å². The normalized spacial score (nSPS) is 12.8. The van der Waals surface area contributed by atoms with Gasteiger partial charge in [-0.25, -0.2) is 0 Å². The standard InChI is InChI=1S/C12H15BrINO2/c1-8(2)5-10(13)6-9-3-4-11(15(16)17)7-12(9)14/h3-4,7-8,10H,5-6H2,1-2H3. The fraction of sp³-hybridized carbons (Fsp3) is 0.500. The summed E-state index contributed by atoms with van der Waals surface area (Å²) in [7, 11) is 0. The number of nitro groups is 1. The first kappa shape index (κ1) is 14.9. The first-order chi connectivity index (χ1) is 7.90. The van der Waals surface area contributed by atoms with Gasteiger partial charge in [-0.15, -0.1) is 0 Å². The van der Waals surface area contributed by atoms with Gasteiger partial charge in [0.15, 0.2) is 0 Å². The van der Waals surface area contributed by atoms with E-state index in [0.29, 0.717) is 10.7 Å². The van der Waals surface area contributed by atoms with Gasteiger partial charge in [-0.05, 0) is 46.9 Å². The Labute approximate surface area is 123 Å². The fourth-order valence-corrected chi connectivity index (χ4v) is 3.46. The number of rotatable bonds is 5. The molecule has 0 aliphatic carbocycles. The highest BCUT2D eigenvalue weighted by Crippen LogP contribution is 2.24. The zero-order chi connectivity index (χ0) is 13.0. The summed E-state index contributed by atoms with van der Waals surface area (Å²) >= 11 is 5.82. The molecule has 0 fully saturated rings. The summed E-state index contributed by atoms with van der Waals surface area (Å²) in [5, 5.41) is 10.6. The molecule has 94 valence electrons. The molecule has 0 spiro atoms. The minimum absolute atomic E-state index is 0.160. The third-order valence-electron chi connectivity index (χ3n) is 2.42.